The molecule has 1 amide bonds. The third-order valence-electron chi connectivity index (χ3n) is 2.90. The molecule has 0 saturated heterocycles. The Balaban J connectivity index is 2.08. The Bertz CT molecular complexity index is 572. The highest BCUT2D eigenvalue weighted by Gasteiger charge is 2.14. The fourth-order valence-electron chi connectivity index (χ4n) is 1.71. The van der Waals surface area contributed by atoms with E-state index in [2.05, 4.69) is 5.32 Å². The van der Waals surface area contributed by atoms with Crippen LogP contribution in [0.1, 0.15) is 33.1 Å². The van der Waals surface area contributed by atoms with E-state index in [4.69, 9.17) is 5.73 Å². The maximum absolute atomic E-state index is 12.8. The van der Waals surface area contributed by atoms with E-state index in [0.29, 0.717) is 10.6 Å². The quantitative estimate of drug-likeness (QED) is 0.905. The average molecular weight is 278 g/mol. The molecule has 0 bridgehead atoms. The highest BCUT2D eigenvalue weighted by Crippen LogP contribution is 2.24. The third kappa shape index (κ3) is 3.12. The number of hydrogen-bond donors (Lipinski definition) is 2. The summed E-state index contributed by atoms with van der Waals surface area (Å²) in [6.07, 6.45) is 0. The van der Waals surface area contributed by atoms with Gasteiger partial charge in [0, 0.05) is 10.6 Å². The zero-order chi connectivity index (χ0) is 14.0. The molecule has 1 unspecified atom stereocenters. The van der Waals surface area contributed by atoms with Crippen molar-refractivity contribution >= 4 is 22.9 Å². The summed E-state index contributed by atoms with van der Waals surface area (Å²) in [6, 6.07) is 7.57. The maximum Gasteiger partial charge on any atom is 0.261 e. The predicted octanol–water partition coefficient (Wildman–Crippen LogP) is 3.27. The molecule has 2 rings (SSSR count). The number of thiophene rings is 1. The van der Waals surface area contributed by atoms with Crippen LogP contribution in [-0.4, -0.2) is 5.91 Å². The Labute approximate surface area is 115 Å². The smallest absolute Gasteiger partial charge is 0.261 e. The normalized spacial score (nSPS) is 12.2. The largest absolute Gasteiger partial charge is 0.398 e. The van der Waals surface area contributed by atoms with E-state index in [1.54, 1.807) is 18.2 Å². The number of nitrogen functional groups attached to an aromatic ring is 1. The number of nitrogens with two attached hydrogens (primary N) is 1. The molecule has 3 N–H and O–H groups in total. The summed E-state index contributed by atoms with van der Waals surface area (Å²) in [7, 11) is 0. The van der Waals surface area contributed by atoms with Crippen LogP contribution in [0.15, 0.2) is 30.3 Å². The van der Waals surface area contributed by atoms with Gasteiger partial charge in [-0.15, -0.1) is 11.3 Å². The molecule has 2 aromatic rings. The van der Waals surface area contributed by atoms with Gasteiger partial charge in [-0.05, 0) is 37.6 Å². The van der Waals surface area contributed by atoms with Gasteiger partial charge in [0.05, 0.1) is 10.9 Å². The number of hydrogen-bond acceptors (Lipinski definition) is 3. The summed E-state index contributed by atoms with van der Waals surface area (Å²) in [4.78, 5) is 13.5. The molecule has 1 atom stereocenters. The van der Waals surface area contributed by atoms with Crippen molar-refractivity contribution in [1.82, 2.24) is 5.32 Å². The van der Waals surface area contributed by atoms with E-state index in [1.807, 2.05) is 13.8 Å². The number of halogens is 1. The van der Waals surface area contributed by atoms with Gasteiger partial charge < -0.3 is 11.1 Å². The Kier molecular flexibility index (Phi) is 3.85. The van der Waals surface area contributed by atoms with E-state index in [9.17, 15) is 9.18 Å². The minimum absolute atomic E-state index is 0.165. The Morgan fingerprint density at radius 3 is 2.53 bits per heavy atom. The van der Waals surface area contributed by atoms with Crippen LogP contribution in [0, 0.1) is 12.7 Å². The van der Waals surface area contributed by atoms with E-state index < -0.39 is 0 Å². The van der Waals surface area contributed by atoms with Gasteiger partial charge >= 0.3 is 0 Å². The molecular formula is C14H15FN2OS. The Morgan fingerprint density at radius 1 is 1.37 bits per heavy atom. The van der Waals surface area contributed by atoms with Gasteiger partial charge in [0.2, 0.25) is 0 Å². The van der Waals surface area contributed by atoms with Crippen molar-refractivity contribution in [1.29, 1.82) is 0 Å². The monoisotopic (exact) mass is 278 g/mol. The van der Waals surface area contributed by atoms with Crippen LogP contribution < -0.4 is 11.1 Å². The molecule has 0 saturated carbocycles. The van der Waals surface area contributed by atoms with Crippen LogP contribution in [-0.2, 0) is 0 Å². The highest BCUT2D eigenvalue weighted by atomic mass is 32.1. The van der Waals surface area contributed by atoms with Crippen LogP contribution in [0.2, 0.25) is 0 Å². The number of benzene rings is 1. The number of aryl methyl sites for hydroxylation is 1. The number of nitrogens with one attached hydrogen (secondary N) is 1. The van der Waals surface area contributed by atoms with Gasteiger partial charge in [0.1, 0.15) is 5.82 Å². The second kappa shape index (κ2) is 5.40. The van der Waals surface area contributed by atoms with Gasteiger partial charge in [-0.1, -0.05) is 12.1 Å². The minimum atomic E-state index is -0.288. The van der Waals surface area contributed by atoms with Crippen molar-refractivity contribution in [2.45, 2.75) is 19.9 Å². The fraction of sp³-hybridized carbons (Fsp3) is 0.214. The third-order valence-corrected chi connectivity index (χ3v) is 3.96. The summed E-state index contributed by atoms with van der Waals surface area (Å²) in [5.41, 5.74) is 7.21. The zero-order valence-corrected chi connectivity index (χ0v) is 11.6. The number of rotatable bonds is 3. The average Bonchev–Trinajstić information content (AvgIpc) is 2.70. The lowest BCUT2D eigenvalue weighted by Crippen LogP contribution is -2.25. The van der Waals surface area contributed by atoms with E-state index >= 15 is 0 Å². The number of carbonyl (C=O) groups is 1. The van der Waals surface area contributed by atoms with Gasteiger partial charge in [-0.2, -0.15) is 0 Å². The molecule has 3 nitrogen and oxygen atoms in total. The molecule has 0 spiro atoms. The molecule has 100 valence electrons. The van der Waals surface area contributed by atoms with Crippen LogP contribution in [0.4, 0.5) is 10.1 Å². The lowest BCUT2D eigenvalue weighted by molar-refractivity contribution is 0.0944. The van der Waals surface area contributed by atoms with Gasteiger partial charge in [0.15, 0.2) is 0 Å². The topological polar surface area (TPSA) is 55.1 Å². The first kappa shape index (κ1) is 13.5. The SMILES string of the molecule is Cc1sc(C(=O)NC(C)c2ccc(F)cc2)cc1N. The summed E-state index contributed by atoms with van der Waals surface area (Å²) in [6.45, 7) is 3.73. The van der Waals surface area contributed by atoms with Crippen LogP contribution >= 0.6 is 11.3 Å². The minimum Gasteiger partial charge on any atom is -0.398 e. The predicted molar refractivity (Wildman–Crippen MR) is 75.7 cm³/mol. The molecule has 19 heavy (non-hydrogen) atoms. The molecule has 0 aliphatic heterocycles. The Hall–Kier alpha value is -1.88. The van der Waals surface area contributed by atoms with Crippen molar-refractivity contribution in [3.63, 3.8) is 0 Å². The van der Waals surface area contributed by atoms with Crippen LogP contribution in [0.3, 0.4) is 0 Å². The summed E-state index contributed by atoms with van der Waals surface area (Å²) < 4.78 is 12.8. The molecule has 0 fully saturated rings. The molecular weight excluding hydrogens is 263 g/mol. The number of anilines is 1. The van der Waals surface area contributed by atoms with E-state index in [-0.39, 0.29) is 17.8 Å². The molecule has 1 heterocycles. The molecule has 0 aliphatic carbocycles. The van der Waals surface area contributed by atoms with Crippen LogP contribution in [0.25, 0.3) is 0 Å². The Morgan fingerprint density at radius 2 is 2.00 bits per heavy atom. The van der Waals surface area contributed by atoms with E-state index in [0.717, 1.165) is 10.4 Å². The second-order valence-corrected chi connectivity index (χ2v) is 5.63. The van der Waals surface area contributed by atoms with Crippen LogP contribution in [0.5, 0.6) is 0 Å². The lowest BCUT2D eigenvalue weighted by Gasteiger charge is -2.13. The summed E-state index contributed by atoms with van der Waals surface area (Å²) in [5.74, 6) is -0.453. The number of carbonyl (C=O) groups excluding carboxylic acids is 1. The van der Waals surface area contributed by atoms with Gasteiger partial charge in [0.25, 0.3) is 5.91 Å². The zero-order valence-electron chi connectivity index (χ0n) is 10.7. The first-order chi connectivity index (χ1) is 8.97. The molecule has 0 aliphatic rings. The van der Waals surface area contributed by atoms with Crippen molar-refractivity contribution in [3.8, 4) is 0 Å². The molecule has 1 aromatic carbocycles. The number of amides is 1. The van der Waals surface area contributed by atoms with E-state index in [1.165, 1.54) is 23.5 Å². The van der Waals surface area contributed by atoms with Gasteiger partial charge in [-0.25, -0.2) is 4.39 Å². The van der Waals surface area contributed by atoms with Crippen molar-refractivity contribution in [2.24, 2.45) is 0 Å². The fourth-order valence-corrected chi connectivity index (χ4v) is 2.55. The molecule has 1 aromatic heterocycles. The summed E-state index contributed by atoms with van der Waals surface area (Å²) in [5, 5.41) is 2.87. The van der Waals surface area contributed by atoms with Crippen molar-refractivity contribution in [3.05, 3.63) is 51.5 Å². The highest BCUT2D eigenvalue weighted by molar-refractivity contribution is 7.14. The van der Waals surface area contributed by atoms with Crippen molar-refractivity contribution in [2.75, 3.05) is 5.73 Å². The van der Waals surface area contributed by atoms with Gasteiger partial charge in [-0.3, -0.25) is 4.79 Å². The maximum atomic E-state index is 12.8. The standard InChI is InChI=1S/C14H15FN2OS/c1-8(10-3-5-11(15)6-4-10)17-14(18)13-7-12(16)9(2)19-13/h3-8H,16H2,1-2H3,(H,17,18). The second-order valence-electron chi connectivity index (χ2n) is 4.37. The first-order valence-electron chi connectivity index (χ1n) is 5.89. The van der Waals surface area contributed by atoms with Crippen molar-refractivity contribution < 1.29 is 9.18 Å². The summed E-state index contributed by atoms with van der Waals surface area (Å²) >= 11 is 1.37. The lowest BCUT2D eigenvalue weighted by atomic mass is 10.1. The molecule has 0 radical (unpaired) electrons. The molecule has 5 heteroatoms. The first-order valence-corrected chi connectivity index (χ1v) is 6.71.